The van der Waals surface area contributed by atoms with Gasteiger partial charge < -0.3 is 9.52 Å². The third kappa shape index (κ3) is 2.74. The molecule has 4 nitrogen and oxygen atoms in total. The van der Waals surface area contributed by atoms with E-state index in [4.69, 9.17) is 9.52 Å². The van der Waals surface area contributed by atoms with Crippen LogP contribution in [-0.4, -0.2) is 16.1 Å². The molecule has 2 rings (SSSR count). The molecule has 0 spiro atoms. The van der Waals surface area contributed by atoms with Gasteiger partial charge in [0.15, 0.2) is 5.89 Å². The van der Waals surface area contributed by atoms with Gasteiger partial charge in [0.05, 0.1) is 0 Å². The van der Waals surface area contributed by atoms with Crippen LogP contribution in [-0.2, 0) is 11.2 Å². The highest BCUT2D eigenvalue weighted by Gasteiger charge is 2.15. The number of rotatable bonds is 3. The number of carboxylic acids is 1. The summed E-state index contributed by atoms with van der Waals surface area (Å²) >= 11 is 3.34. The summed E-state index contributed by atoms with van der Waals surface area (Å²) in [6, 6.07) is 7.49. The number of nitrogens with zero attached hydrogens (tertiary/aromatic N) is 1. The fourth-order valence-corrected chi connectivity index (χ4v) is 1.82. The molecule has 1 N–H and O–H groups in total. The smallest absolute Gasteiger partial charge is 0.311 e. The van der Waals surface area contributed by atoms with Crippen LogP contribution in [0.4, 0.5) is 0 Å². The number of carboxylic acid groups (broad SMARTS) is 1. The average Bonchev–Trinajstić information content (AvgIpc) is 2.59. The standard InChI is InChI=1S/C12H10BrNO3/c1-7-14-12(10(17-7)6-11(15)16)8-2-4-9(13)5-3-8/h2-5H,6H2,1H3,(H,15,16). The molecule has 2 aromatic rings. The molecule has 1 aromatic heterocycles. The molecule has 1 aromatic carbocycles. The number of benzene rings is 1. The van der Waals surface area contributed by atoms with Crippen molar-refractivity contribution in [2.45, 2.75) is 13.3 Å². The Kier molecular flexibility index (Phi) is 3.28. The fourth-order valence-electron chi connectivity index (χ4n) is 1.56. The van der Waals surface area contributed by atoms with Gasteiger partial charge in [-0.2, -0.15) is 0 Å². The molecule has 0 aliphatic rings. The first-order valence-corrected chi connectivity index (χ1v) is 5.79. The molecule has 17 heavy (non-hydrogen) atoms. The maximum Gasteiger partial charge on any atom is 0.311 e. The van der Waals surface area contributed by atoms with Gasteiger partial charge in [-0.1, -0.05) is 28.1 Å². The first-order chi connectivity index (χ1) is 8.06. The van der Waals surface area contributed by atoms with Crippen LogP contribution < -0.4 is 0 Å². The molecule has 0 radical (unpaired) electrons. The molecular formula is C12H10BrNO3. The van der Waals surface area contributed by atoms with Gasteiger partial charge in [-0.15, -0.1) is 0 Å². The Bertz CT molecular complexity index is 545. The van der Waals surface area contributed by atoms with E-state index in [9.17, 15) is 4.79 Å². The van der Waals surface area contributed by atoms with E-state index in [2.05, 4.69) is 20.9 Å². The molecule has 88 valence electrons. The number of carbonyl (C=O) groups is 1. The van der Waals surface area contributed by atoms with Gasteiger partial charge in [-0.05, 0) is 12.1 Å². The molecule has 0 saturated heterocycles. The number of halogens is 1. The molecule has 1 heterocycles. The number of aliphatic carboxylic acids is 1. The van der Waals surface area contributed by atoms with Crippen LogP contribution in [0.25, 0.3) is 11.3 Å². The van der Waals surface area contributed by atoms with Gasteiger partial charge in [-0.25, -0.2) is 4.98 Å². The average molecular weight is 296 g/mol. The van der Waals surface area contributed by atoms with Crippen molar-refractivity contribution < 1.29 is 14.3 Å². The molecule has 0 atom stereocenters. The van der Waals surface area contributed by atoms with Crippen LogP contribution in [0.15, 0.2) is 33.2 Å². The van der Waals surface area contributed by atoms with Crippen LogP contribution in [0.5, 0.6) is 0 Å². The van der Waals surface area contributed by atoms with Gasteiger partial charge in [0, 0.05) is 17.0 Å². The molecule has 0 bridgehead atoms. The lowest BCUT2D eigenvalue weighted by atomic mass is 10.1. The molecule has 0 aliphatic carbocycles. The SMILES string of the molecule is Cc1nc(-c2ccc(Br)cc2)c(CC(=O)O)o1. The Labute approximate surface area is 106 Å². The zero-order valence-corrected chi connectivity index (χ0v) is 10.7. The van der Waals surface area contributed by atoms with Crippen LogP contribution in [0.1, 0.15) is 11.7 Å². The summed E-state index contributed by atoms with van der Waals surface area (Å²) < 4.78 is 6.27. The van der Waals surface area contributed by atoms with E-state index < -0.39 is 5.97 Å². The Hall–Kier alpha value is -1.62. The normalized spacial score (nSPS) is 10.5. The second-order valence-corrected chi connectivity index (χ2v) is 4.50. The van der Waals surface area contributed by atoms with Crippen molar-refractivity contribution in [1.29, 1.82) is 0 Å². The molecule has 0 saturated carbocycles. The van der Waals surface area contributed by atoms with Crippen LogP contribution in [0, 0.1) is 6.92 Å². The fraction of sp³-hybridized carbons (Fsp3) is 0.167. The monoisotopic (exact) mass is 295 g/mol. The Morgan fingerprint density at radius 2 is 2.06 bits per heavy atom. The van der Waals surface area contributed by atoms with Gasteiger partial charge >= 0.3 is 5.97 Å². The number of aryl methyl sites for hydroxylation is 1. The van der Waals surface area contributed by atoms with Gasteiger partial charge in [0.25, 0.3) is 0 Å². The quantitative estimate of drug-likeness (QED) is 0.945. The van der Waals surface area contributed by atoms with Crippen molar-refractivity contribution in [3.8, 4) is 11.3 Å². The zero-order chi connectivity index (χ0) is 12.4. The topological polar surface area (TPSA) is 63.3 Å². The number of hydrogen-bond donors (Lipinski definition) is 1. The molecule has 5 heteroatoms. The van der Waals surface area contributed by atoms with E-state index in [1.807, 2.05) is 24.3 Å². The number of oxazole rings is 1. The van der Waals surface area contributed by atoms with E-state index >= 15 is 0 Å². The third-order valence-electron chi connectivity index (χ3n) is 2.23. The van der Waals surface area contributed by atoms with Crippen LogP contribution >= 0.6 is 15.9 Å². The summed E-state index contributed by atoms with van der Waals surface area (Å²) in [7, 11) is 0. The minimum atomic E-state index is -0.931. The summed E-state index contributed by atoms with van der Waals surface area (Å²) in [5.41, 5.74) is 1.44. The van der Waals surface area contributed by atoms with Gasteiger partial charge in [0.2, 0.25) is 0 Å². The van der Waals surface area contributed by atoms with Crippen molar-refractivity contribution in [2.24, 2.45) is 0 Å². The van der Waals surface area contributed by atoms with Crippen molar-refractivity contribution in [2.75, 3.05) is 0 Å². The van der Waals surface area contributed by atoms with Crippen molar-refractivity contribution in [1.82, 2.24) is 4.98 Å². The minimum absolute atomic E-state index is 0.160. The second kappa shape index (κ2) is 4.71. The van der Waals surface area contributed by atoms with Gasteiger partial charge in [0.1, 0.15) is 17.9 Å². The third-order valence-corrected chi connectivity index (χ3v) is 2.76. The molecule has 0 aliphatic heterocycles. The van der Waals surface area contributed by atoms with Crippen LogP contribution in [0.3, 0.4) is 0 Å². The summed E-state index contributed by atoms with van der Waals surface area (Å²) in [5.74, 6) is -0.0731. The molecule has 0 unspecified atom stereocenters. The van der Waals surface area contributed by atoms with Gasteiger partial charge in [-0.3, -0.25) is 4.79 Å². The van der Waals surface area contributed by atoms with E-state index in [1.165, 1.54) is 0 Å². The molecule has 0 amide bonds. The summed E-state index contributed by atoms with van der Waals surface area (Å²) in [6.07, 6.45) is -0.160. The van der Waals surface area contributed by atoms with E-state index in [-0.39, 0.29) is 6.42 Å². The highest BCUT2D eigenvalue weighted by atomic mass is 79.9. The lowest BCUT2D eigenvalue weighted by Crippen LogP contribution is -2.00. The highest BCUT2D eigenvalue weighted by Crippen LogP contribution is 2.25. The zero-order valence-electron chi connectivity index (χ0n) is 9.11. The lowest BCUT2D eigenvalue weighted by molar-refractivity contribution is -0.136. The first-order valence-electron chi connectivity index (χ1n) is 5.00. The predicted octanol–water partition coefficient (Wildman–Crippen LogP) is 3.04. The number of hydrogen-bond acceptors (Lipinski definition) is 3. The molecular weight excluding hydrogens is 286 g/mol. The van der Waals surface area contributed by atoms with E-state index in [0.29, 0.717) is 17.3 Å². The largest absolute Gasteiger partial charge is 0.481 e. The minimum Gasteiger partial charge on any atom is -0.481 e. The van der Waals surface area contributed by atoms with Crippen molar-refractivity contribution in [3.05, 3.63) is 40.4 Å². The molecule has 0 fully saturated rings. The van der Waals surface area contributed by atoms with E-state index in [1.54, 1.807) is 6.92 Å². The van der Waals surface area contributed by atoms with Crippen molar-refractivity contribution >= 4 is 21.9 Å². The van der Waals surface area contributed by atoms with Crippen LogP contribution in [0.2, 0.25) is 0 Å². The number of aromatic nitrogens is 1. The first kappa shape index (κ1) is 11.9. The van der Waals surface area contributed by atoms with E-state index in [0.717, 1.165) is 10.0 Å². The Morgan fingerprint density at radius 3 is 2.65 bits per heavy atom. The maximum atomic E-state index is 10.7. The maximum absolute atomic E-state index is 10.7. The Morgan fingerprint density at radius 1 is 1.41 bits per heavy atom. The highest BCUT2D eigenvalue weighted by molar-refractivity contribution is 9.10. The predicted molar refractivity (Wildman–Crippen MR) is 65.7 cm³/mol. The summed E-state index contributed by atoms with van der Waals surface area (Å²) in [5, 5.41) is 8.80. The second-order valence-electron chi connectivity index (χ2n) is 3.58. The summed E-state index contributed by atoms with van der Waals surface area (Å²) in [4.78, 5) is 14.9. The Balaban J connectivity index is 2.43. The summed E-state index contributed by atoms with van der Waals surface area (Å²) in [6.45, 7) is 1.70. The lowest BCUT2D eigenvalue weighted by Gasteiger charge is -1.99. The van der Waals surface area contributed by atoms with Crippen molar-refractivity contribution in [3.63, 3.8) is 0 Å².